The molecule has 0 radical (unpaired) electrons. The van der Waals surface area contributed by atoms with Crippen LogP contribution >= 0.6 is 0 Å². The number of nitrogens with one attached hydrogen (secondary N) is 2. The Labute approximate surface area is 282 Å². The second-order valence-corrected chi connectivity index (χ2v) is 13.4. The molecule has 0 aliphatic heterocycles. The molecule has 2 amide bonds. The zero-order valence-electron chi connectivity index (χ0n) is 27.4. The summed E-state index contributed by atoms with van der Waals surface area (Å²) in [6.07, 6.45) is -4.36. The zero-order chi connectivity index (χ0) is 34.9. The Morgan fingerprint density at radius 3 is 2.45 bits per heavy atom. The van der Waals surface area contributed by atoms with E-state index in [1.54, 1.807) is 30.3 Å². The highest BCUT2D eigenvalue weighted by Gasteiger charge is 2.45. The minimum atomic E-state index is -4.75. The number of anilines is 1. The number of aromatic nitrogens is 2. The first-order valence-corrected chi connectivity index (χ1v) is 16.1. The highest BCUT2D eigenvalue weighted by Crippen LogP contribution is 2.52. The normalized spacial score (nSPS) is 16.6. The highest BCUT2D eigenvalue weighted by atomic mass is 19.4. The van der Waals surface area contributed by atoms with Crippen molar-refractivity contribution in [3.05, 3.63) is 125 Å². The molecular weight excluding hydrogens is 631 g/mol. The van der Waals surface area contributed by atoms with Crippen LogP contribution in [0, 0.1) is 11.8 Å². The van der Waals surface area contributed by atoms with Gasteiger partial charge < -0.3 is 21.1 Å². The van der Waals surface area contributed by atoms with Crippen LogP contribution in [0.3, 0.4) is 0 Å². The van der Waals surface area contributed by atoms with Gasteiger partial charge in [-0.3, -0.25) is 4.79 Å². The predicted molar refractivity (Wildman–Crippen MR) is 182 cm³/mol. The van der Waals surface area contributed by atoms with E-state index < -0.39 is 29.5 Å². The Hall–Kier alpha value is -5.16. The number of halogens is 3. The fraction of sp³-hybridized carbons (Fsp3) is 0.289. The Morgan fingerprint density at radius 1 is 0.959 bits per heavy atom. The second-order valence-electron chi connectivity index (χ2n) is 13.4. The minimum Gasteiger partial charge on any atom is -0.444 e. The van der Waals surface area contributed by atoms with E-state index in [4.69, 9.17) is 10.5 Å². The Bertz CT molecular complexity index is 1990. The number of alkyl carbamates (subject to hydrolysis) is 1. The van der Waals surface area contributed by atoms with Gasteiger partial charge in [-0.25, -0.2) is 9.48 Å². The first-order valence-electron chi connectivity index (χ1n) is 16.1. The number of rotatable bonds is 9. The summed E-state index contributed by atoms with van der Waals surface area (Å²) in [5, 5.41) is 11.6. The van der Waals surface area contributed by atoms with Crippen LogP contribution in [-0.4, -0.2) is 33.9 Å². The van der Waals surface area contributed by atoms with Crippen LogP contribution in [-0.2, 0) is 17.5 Å². The lowest BCUT2D eigenvalue weighted by atomic mass is 9.83. The molecule has 1 aliphatic rings. The number of alkyl halides is 3. The molecule has 6 rings (SSSR count). The smallest absolute Gasteiger partial charge is 0.435 e. The molecule has 1 saturated carbocycles. The van der Waals surface area contributed by atoms with E-state index in [0.29, 0.717) is 17.8 Å². The van der Waals surface area contributed by atoms with Crippen LogP contribution in [0.15, 0.2) is 97.1 Å². The standard InChI is InChI=1S/C38H38F3N5O3/c1-37(2,3)49-36(48)43-22-26-19-31(26)34(30-16-8-11-24-10-4-5-15-29(24)30)25-12-7-13-27(18-25)44-35(47)32-20-33(38(39,40)41)45-46(32)28-14-6-9-23(17-28)21-42/h4-18,20,26,31,34H,19,21-22,42H2,1-3H3,(H,43,48)(H,44,47). The van der Waals surface area contributed by atoms with Crippen molar-refractivity contribution in [1.82, 2.24) is 15.1 Å². The lowest BCUT2D eigenvalue weighted by Gasteiger charge is -2.22. The van der Waals surface area contributed by atoms with Crippen LogP contribution in [0.2, 0.25) is 0 Å². The molecule has 3 atom stereocenters. The van der Waals surface area contributed by atoms with Crippen LogP contribution in [0.25, 0.3) is 16.5 Å². The van der Waals surface area contributed by atoms with Gasteiger partial charge >= 0.3 is 12.3 Å². The van der Waals surface area contributed by atoms with Gasteiger partial charge in [-0.15, -0.1) is 0 Å². The van der Waals surface area contributed by atoms with Gasteiger partial charge in [0.2, 0.25) is 0 Å². The number of amides is 2. The molecule has 0 bridgehead atoms. The van der Waals surface area contributed by atoms with Gasteiger partial charge in [-0.2, -0.15) is 18.3 Å². The molecule has 0 saturated heterocycles. The van der Waals surface area contributed by atoms with E-state index in [0.717, 1.165) is 39.1 Å². The maximum Gasteiger partial charge on any atom is 0.435 e. The minimum absolute atomic E-state index is 0.0882. The van der Waals surface area contributed by atoms with E-state index in [9.17, 15) is 22.8 Å². The van der Waals surface area contributed by atoms with Gasteiger partial charge in [0.25, 0.3) is 5.91 Å². The summed E-state index contributed by atoms with van der Waals surface area (Å²) >= 11 is 0. The molecule has 5 aromatic rings. The second kappa shape index (κ2) is 13.4. The quantitative estimate of drug-likeness (QED) is 0.147. The van der Waals surface area contributed by atoms with Crippen molar-refractivity contribution >= 4 is 28.5 Å². The molecule has 0 spiro atoms. The monoisotopic (exact) mass is 669 g/mol. The largest absolute Gasteiger partial charge is 0.444 e. The molecule has 1 aromatic heterocycles. The van der Waals surface area contributed by atoms with Gasteiger partial charge in [0.05, 0.1) is 5.69 Å². The summed E-state index contributed by atoms with van der Waals surface area (Å²) in [5.74, 6) is -0.466. The summed E-state index contributed by atoms with van der Waals surface area (Å²) in [4.78, 5) is 26.1. The SMILES string of the molecule is CC(C)(C)OC(=O)NCC1CC1C(c1cccc(NC(=O)c2cc(C(F)(F)F)nn2-c2cccc(CN)c2)c1)c1cccc2ccccc12. The van der Waals surface area contributed by atoms with Crippen molar-refractivity contribution in [2.45, 2.75) is 51.4 Å². The molecule has 8 nitrogen and oxygen atoms in total. The number of ether oxygens (including phenoxy) is 1. The number of nitrogens with zero attached hydrogens (tertiary/aromatic N) is 2. The average Bonchev–Trinajstić information content (AvgIpc) is 3.66. The lowest BCUT2D eigenvalue weighted by molar-refractivity contribution is -0.141. The maximum absolute atomic E-state index is 13.8. The summed E-state index contributed by atoms with van der Waals surface area (Å²) in [6, 6.07) is 29.0. The molecular formula is C38H38F3N5O3. The van der Waals surface area contributed by atoms with Gasteiger partial charge in [0.15, 0.2) is 5.69 Å². The zero-order valence-corrected chi connectivity index (χ0v) is 27.4. The van der Waals surface area contributed by atoms with Crippen molar-refractivity contribution in [2.75, 3.05) is 11.9 Å². The average molecular weight is 670 g/mol. The van der Waals surface area contributed by atoms with E-state index in [1.165, 1.54) is 0 Å². The molecule has 11 heteroatoms. The summed E-state index contributed by atoms with van der Waals surface area (Å²) in [5.41, 5.74) is 7.13. The van der Waals surface area contributed by atoms with Crippen molar-refractivity contribution in [3.8, 4) is 5.69 Å². The van der Waals surface area contributed by atoms with Gasteiger partial charge in [0, 0.05) is 30.8 Å². The maximum atomic E-state index is 13.8. The third-order valence-electron chi connectivity index (χ3n) is 8.60. The van der Waals surface area contributed by atoms with Crippen LogP contribution < -0.4 is 16.4 Å². The Morgan fingerprint density at radius 2 is 1.69 bits per heavy atom. The van der Waals surface area contributed by atoms with Crippen LogP contribution in [0.4, 0.5) is 23.7 Å². The molecule has 1 fully saturated rings. The van der Waals surface area contributed by atoms with Crippen molar-refractivity contribution < 1.29 is 27.5 Å². The van der Waals surface area contributed by atoms with Crippen LogP contribution in [0.1, 0.15) is 66.0 Å². The van der Waals surface area contributed by atoms with E-state index in [-0.39, 0.29) is 35.7 Å². The van der Waals surface area contributed by atoms with Crippen molar-refractivity contribution in [3.63, 3.8) is 0 Å². The van der Waals surface area contributed by atoms with Gasteiger partial charge in [-0.1, -0.05) is 66.7 Å². The Kier molecular flexibility index (Phi) is 9.22. The Balaban J connectivity index is 1.31. The summed E-state index contributed by atoms with van der Waals surface area (Å²) in [7, 11) is 0. The number of benzene rings is 4. The van der Waals surface area contributed by atoms with Crippen molar-refractivity contribution in [2.24, 2.45) is 17.6 Å². The third kappa shape index (κ3) is 7.78. The summed E-state index contributed by atoms with van der Waals surface area (Å²) < 4.78 is 47.7. The third-order valence-corrected chi connectivity index (χ3v) is 8.60. The first-order chi connectivity index (χ1) is 23.3. The van der Waals surface area contributed by atoms with Gasteiger partial charge in [0.1, 0.15) is 11.3 Å². The number of carbonyl (C=O) groups excluding carboxylic acids is 2. The molecule has 4 aromatic carbocycles. The molecule has 3 unspecified atom stereocenters. The molecule has 4 N–H and O–H groups in total. The van der Waals surface area contributed by atoms with E-state index in [2.05, 4.69) is 40.0 Å². The lowest BCUT2D eigenvalue weighted by Crippen LogP contribution is -2.33. The number of nitrogens with two attached hydrogens (primary N) is 1. The molecule has 1 aliphatic carbocycles. The molecule has 49 heavy (non-hydrogen) atoms. The number of hydrogen-bond donors (Lipinski definition) is 3. The predicted octanol–water partition coefficient (Wildman–Crippen LogP) is 8.05. The van der Waals surface area contributed by atoms with Gasteiger partial charge in [-0.05, 0) is 90.8 Å². The van der Waals surface area contributed by atoms with Crippen molar-refractivity contribution in [1.29, 1.82) is 0 Å². The number of carbonyl (C=O) groups is 2. The molecule has 254 valence electrons. The highest BCUT2D eigenvalue weighted by molar-refractivity contribution is 6.03. The van der Waals surface area contributed by atoms with E-state index >= 15 is 0 Å². The number of fused-ring (bicyclic) bond motifs is 1. The first kappa shape index (κ1) is 33.7. The van der Waals surface area contributed by atoms with E-state index in [1.807, 2.05) is 57.2 Å². The topological polar surface area (TPSA) is 111 Å². The molecule has 1 heterocycles. The fourth-order valence-corrected chi connectivity index (χ4v) is 6.32. The van der Waals surface area contributed by atoms with Crippen LogP contribution in [0.5, 0.6) is 0 Å². The fourth-order valence-electron chi connectivity index (χ4n) is 6.32. The number of hydrogen-bond acceptors (Lipinski definition) is 5. The summed E-state index contributed by atoms with van der Waals surface area (Å²) in [6.45, 7) is 6.08.